The van der Waals surface area contributed by atoms with Gasteiger partial charge in [0.25, 0.3) is 0 Å². The summed E-state index contributed by atoms with van der Waals surface area (Å²) in [6, 6.07) is 2.13. The minimum atomic E-state index is -4.06. The number of aliphatic hydroxyl groups is 1. The number of hydrogen-bond acceptors (Lipinski definition) is 5. The second-order valence-corrected chi connectivity index (χ2v) is 6.19. The van der Waals surface area contributed by atoms with Gasteiger partial charge in [-0.3, -0.25) is 10.1 Å². The molecule has 0 aliphatic heterocycles. The fourth-order valence-electron chi connectivity index (χ4n) is 1.21. The smallest absolute Gasteiger partial charge is 0.307 e. The van der Waals surface area contributed by atoms with Gasteiger partial charge in [-0.1, -0.05) is 23.2 Å². The van der Waals surface area contributed by atoms with Crippen molar-refractivity contribution in [1.29, 1.82) is 0 Å². The van der Waals surface area contributed by atoms with Gasteiger partial charge in [0.1, 0.15) is 14.9 Å². The van der Waals surface area contributed by atoms with E-state index in [1.807, 2.05) is 0 Å². The maximum atomic E-state index is 11.9. The van der Waals surface area contributed by atoms with E-state index in [2.05, 4.69) is 4.72 Å². The lowest BCUT2D eigenvalue weighted by Gasteiger charge is -2.10. The number of sulfonamides is 1. The topological polar surface area (TPSA) is 110 Å². The molecule has 0 aliphatic carbocycles. The lowest BCUT2D eigenvalue weighted by molar-refractivity contribution is -0.384. The van der Waals surface area contributed by atoms with Crippen LogP contribution in [0.4, 0.5) is 5.69 Å². The molecule has 0 bridgehead atoms. The molecule has 0 unspecified atom stereocenters. The molecule has 0 amide bonds. The van der Waals surface area contributed by atoms with Gasteiger partial charge in [0, 0.05) is 6.54 Å². The van der Waals surface area contributed by atoms with Gasteiger partial charge in [-0.15, -0.1) is 0 Å². The number of aliphatic hydroxyl groups excluding tert-OH is 1. The number of rotatable bonds is 5. The van der Waals surface area contributed by atoms with Crippen LogP contribution in [0, 0.1) is 10.1 Å². The Labute approximate surface area is 119 Å². The summed E-state index contributed by atoms with van der Waals surface area (Å²) in [6.07, 6.45) is -0.907. The molecule has 1 aromatic rings. The number of hydrogen-bond donors (Lipinski definition) is 2. The highest BCUT2D eigenvalue weighted by atomic mass is 35.5. The summed E-state index contributed by atoms with van der Waals surface area (Å²) in [6.45, 7) is 1.14. The average molecular weight is 329 g/mol. The highest BCUT2D eigenvalue weighted by Crippen LogP contribution is 2.36. The Kier molecular flexibility index (Phi) is 5.11. The third kappa shape index (κ3) is 3.77. The zero-order valence-corrected chi connectivity index (χ0v) is 12.0. The number of nitrogens with one attached hydrogen (secondary N) is 1. The van der Waals surface area contributed by atoms with Gasteiger partial charge in [0.15, 0.2) is 0 Å². The summed E-state index contributed by atoms with van der Waals surface area (Å²) in [5.41, 5.74) is -0.678. The van der Waals surface area contributed by atoms with Crippen molar-refractivity contribution in [1.82, 2.24) is 4.72 Å². The van der Waals surface area contributed by atoms with Crippen molar-refractivity contribution < 1.29 is 18.4 Å². The van der Waals surface area contributed by atoms with Crippen LogP contribution >= 0.6 is 23.2 Å². The summed E-state index contributed by atoms with van der Waals surface area (Å²) in [7, 11) is -4.06. The van der Waals surface area contributed by atoms with E-state index >= 15 is 0 Å². The number of nitro groups is 1. The van der Waals surface area contributed by atoms with Gasteiger partial charge in [-0.2, -0.15) is 0 Å². The molecule has 0 radical (unpaired) electrons. The normalized spacial score (nSPS) is 13.3. The molecule has 2 N–H and O–H groups in total. The monoisotopic (exact) mass is 328 g/mol. The van der Waals surface area contributed by atoms with E-state index < -0.39 is 36.7 Å². The Balaban J connectivity index is 3.29. The first-order chi connectivity index (χ1) is 8.66. The van der Waals surface area contributed by atoms with Crippen LogP contribution in [0.15, 0.2) is 17.0 Å². The zero-order chi connectivity index (χ0) is 14.8. The second kappa shape index (κ2) is 6.02. The quantitative estimate of drug-likeness (QED) is 0.629. The van der Waals surface area contributed by atoms with Crippen LogP contribution < -0.4 is 4.72 Å². The van der Waals surface area contributed by atoms with Crippen molar-refractivity contribution in [3.8, 4) is 0 Å². The molecular weight excluding hydrogens is 319 g/mol. The van der Waals surface area contributed by atoms with Crippen LogP contribution in [0.25, 0.3) is 0 Å². The molecule has 1 aromatic carbocycles. The van der Waals surface area contributed by atoms with E-state index in [4.69, 9.17) is 28.3 Å². The van der Waals surface area contributed by atoms with Crippen LogP contribution in [0.3, 0.4) is 0 Å². The van der Waals surface area contributed by atoms with Crippen LogP contribution in [-0.4, -0.2) is 31.1 Å². The number of nitro benzene ring substituents is 1. The third-order valence-electron chi connectivity index (χ3n) is 2.07. The standard InChI is InChI=1S/C9H10Cl2N2O5S/c1-5(14)4-12-19(17,18)7-3-2-6(10)9(8(7)11)13(15)16/h2-3,5,12,14H,4H2,1H3/t5-/m1/s1. The van der Waals surface area contributed by atoms with E-state index in [-0.39, 0.29) is 11.6 Å². The molecule has 1 rings (SSSR count). The van der Waals surface area contributed by atoms with Crippen molar-refractivity contribution >= 4 is 38.9 Å². The van der Waals surface area contributed by atoms with Crippen molar-refractivity contribution in [3.63, 3.8) is 0 Å². The Morgan fingerprint density at radius 1 is 1.47 bits per heavy atom. The molecule has 0 fully saturated rings. The molecule has 0 heterocycles. The second-order valence-electron chi connectivity index (χ2n) is 3.67. The molecule has 106 valence electrons. The van der Waals surface area contributed by atoms with E-state index in [1.165, 1.54) is 6.92 Å². The minimum absolute atomic E-state index is 0.241. The molecule has 0 saturated heterocycles. The molecule has 1 atom stereocenters. The maximum absolute atomic E-state index is 11.9. The fraction of sp³-hybridized carbons (Fsp3) is 0.333. The first-order valence-electron chi connectivity index (χ1n) is 4.97. The minimum Gasteiger partial charge on any atom is -0.392 e. The van der Waals surface area contributed by atoms with Crippen LogP contribution in [0.2, 0.25) is 10.0 Å². The number of benzene rings is 1. The van der Waals surface area contributed by atoms with Crippen LogP contribution in [0.1, 0.15) is 6.92 Å². The third-order valence-corrected chi connectivity index (χ3v) is 4.34. The Morgan fingerprint density at radius 3 is 2.53 bits per heavy atom. The van der Waals surface area contributed by atoms with E-state index in [1.54, 1.807) is 0 Å². The van der Waals surface area contributed by atoms with E-state index in [9.17, 15) is 18.5 Å². The lowest BCUT2D eigenvalue weighted by Crippen LogP contribution is -2.30. The van der Waals surface area contributed by atoms with Gasteiger partial charge < -0.3 is 5.11 Å². The summed E-state index contributed by atoms with van der Waals surface area (Å²) >= 11 is 11.3. The molecule has 10 heteroatoms. The van der Waals surface area contributed by atoms with Crippen molar-refractivity contribution in [2.75, 3.05) is 6.54 Å². The van der Waals surface area contributed by atoms with Gasteiger partial charge in [-0.05, 0) is 19.1 Å². The predicted molar refractivity (Wildman–Crippen MR) is 70.0 cm³/mol. The summed E-state index contributed by atoms with van der Waals surface area (Å²) < 4.78 is 25.8. The highest BCUT2D eigenvalue weighted by molar-refractivity contribution is 7.89. The summed E-state index contributed by atoms with van der Waals surface area (Å²) in [5, 5.41) is 19.0. The molecule has 0 spiro atoms. The molecule has 19 heavy (non-hydrogen) atoms. The predicted octanol–water partition coefficient (Wildman–Crippen LogP) is 1.56. The van der Waals surface area contributed by atoms with E-state index in [0.717, 1.165) is 12.1 Å². The molecule has 0 aliphatic rings. The highest BCUT2D eigenvalue weighted by Gasteiger charge is 2.27. The largest absolute Gasteiger partial charge is 0.392 e. The van der Waals surface area contributed by atoms with Gasteiger partial charge in [0.2, 0.25) is 10.0 Å². The van der Waals surface area contributed by atoms with Gasteiger partial charge in [0.05, 0.1) is 11.0 Å². The Bertz CT molecular complexity index is 603. The van der Waals surface area contributed by atoms with Crippen molar-refractivity contribution in [3.05, 3.63) is 32.3 Å². The van der Waals surface area contributed by atoms with Gasteiger partial charge >= 0.3 is 5.69 Å². The lowest BCUT2D eigenvalue weighted by atomic mass is 10.3. The van der Waals surface area contributed by atoms with Crippen molar-refractivity contribution in [2.45, 2.75) is 17.9 Å². The number of nitrogens with zero attached hydrogens (tertiary/aromatic N) is 1. The Hall–Kier alpha value is -0.930. The van der Waals surface area contributed by atoms with Gasteiger partial charge in [-0.25, -0.2) is 13.1 Å². The first-order valence-corrected chi connectivity index (χ1v) is 7.21. The molecule has 7 nitrogen and oxygen atoms in total. The first kappa shape index (κ1) is 16.1. The molecule has 0 saturated carbocycles. The summed E-state index contributed by atoms with van der Waals surface area (Å²) in [5.74, 6) is 0. The fourth-order valence-corrected chi connectivity index (χ4v) is 3.21. The maximum Gasteiger partial charge on any atom is 0.307 e. The Morgan fingerprint density at radius 2 is 2.05 bits per heavy atom. The molecular formula is C9H10Cl2N2O5S. The molecule has 0 aromatic heterocycles. The van der Waals surface area contributed by atoms with Crippen LogP contribution in [0.5, 0.6) is 0 Å². The average Bonchev–Trinajstić information content (AvgIpc) is 2.25. The van der Waals surface area contributed by atoms with Crippen LogP contribution in [-0.2, 0) is 10.0 Å². The SMILES string of the molecule is C[C@@H](O)CNS(=O)(=O)c1ccc(Cl)c([N+](=O)[O-])c1Cl. The summed E-state index contributed by atoms with van der Waals surface area (Å²) in [4.78, 5) is 9.44. The zero-order valence-electron chi connectivity index (χ0n) is 9.63. The van der Waals surface area contributed by atoms with Crippen molar-refractivity contribution in [2.24, 2.45) is 0 Å². The number of halogens is 2. The van der Waals surface area contributed by atoms with E-state index in [0.29, 0.717) is 0 Å².